The third-order valence-corrected chi connectivity index (χ3v) is 11.1. The lowest BCUT2D eigenvalue weighted by atomic mass is 10.0. The predicted octanol–water partition coefficient (Wildman–Crippen LogP) is 15.6. The Hall–Kier alpha value is -1.59. The molecule has 0 aromatic heterocycles. The topological polar surface area (TPSA) is 78.9 Å². The maximum atomic E-state index is 12.6. The molecule has 0 aromatic carbocycles. The van der Waals surface area contributed by atoms with E-state index in [0.717, 1.165) is 57.8 Å². The zero-order valence-corrected chi connectivity index (χ0v) is 37.2. The first-order valence-corrected chi connectivity index (χ1v) is 24.5. The van der Waals surface area contributed by atoms with E-state index in [1.165, 1.54) is 180 Å². The van der Waals surface area contributed by atoms with Crippen molar-refractivity contribution in [3.63, 3.8) is 0 Å². The van der Waals surface area contributed by atoms with Gasteiger partial charge in [0.2, 0.25) is 0 Å². The fourth-order valence-electron chi connectivity index (χ4n) is 7.38. The van der Waals surface area contributed by atoms with Crippen LogP contribution in [-0.2, 0) is 28.6 Å². The molecule has 0 aliphatic rings. The molecule has 0 fully saturated rings. The van der Waals surface area contributed by atoms with Crippen LogP contribution in [0.1, 0.15) is 278 Å². The van der Waals surface area contributed by atoms with Crippen molar-refractivity contribution in [1.82, 2.24) is 0 Å². The Morgan fingerprint density at radius 2 is 0.491 bits per heavy atom. The van der Waals surface area contributed by atoms with Gasteiger partial charge in [0, 0.05) is 19.3 Å². The van der Waals surface area contributed by atoms with Gasteiger partial charge >= 0.3 is 17.9 Å². The third-order valence-electron chi connectivity index (χ3n) is 11.1. The van der Waals surface area contributed by atoms with E-state index in [2.05, 4.69) is 20.8 Å². The van der Waals surface area contributed by atoms with E-state index in [-0.39, 0.29) is 31.1 Å². The summed E-state index contributed by atoms with van der Waals surface area (Å²) in [5.41, 5.74) is 0. The first kappa shape index (κ1) is 53.4. The normalized spacial score (nSPS) is 11.8. The Morgan fingerprint density at radius 1 is 0.291 bits per heavy atom. The van der Waals surface area contributed by atoms with Gasteiger partial charge < -0.3 is 14.2 Å². The van der Waals surface area contributed by atoms with Crippen molar-refractivity contribution in [2.24, 2.45) is 0 Å². The summed E-state index contributed by atoms with van der Waals surface area (Å²) in [6.45, 7) is 6.60. The molecule has 0 saturated carbocycles. The minimum atomic E-state index is -0.757. The minimum absolute atomic E-state index is 0.0633. The Kier molecular flexibility index (Phi) is 43.8. The van der Waals surface area contributed by atoms with Gasteiger partial charge in [-0.05, 0) is 19.3 Å². The number of carbonyl (C=O) groups excluding carboxylic acids is 3. The SMILES string of the molecule is CCCCCCCCCCCCCCCCCCCCCCCC(=O)OCC(COC(=O)CCCCCCCC)OC(=O)CCCCCCCCCCCC. The second-order valence-electron chi connectivity index (χ2n) is 16.7. The average molecular weight is 779 g/mol. The van der Waals surface area contributed by atoms with Crippen LogP contribution in [-0.4, -0.2) is 37.2 Å². The summed E-state index contributed by atoms with van der Waals surface area (Å²) >= 11 is 0. The van der Waals surface area contributed by atoms with E-state index in [4.69, 9.17) is 14.2 Å². The van der Waals surface area contributed by atoms with Gasteiger partial charge in [-0.15, -0.1) is 0 Å². The Bertz CT molecular complexity index is 813. The van der Waals surface area contributed by atoms with Gasteiger partial charge in [0.15, 0.2) is 6.10 Å². The molecule has 0 bridgehead atoms. The number of esters is 3. The van der Waals surface area contributed by atoms with Crippen LogP contribution in [0.15, 0.2) is 0 Å². The van der Waals surface area contributed by atoms with E-state index in [0.29, 0.717) is 19.3 Å². The lowest BCUT2D eigenvalue weighted by Gasteiger charge is -2.18. The van der Waals surface area contributed by atoms with Crippen molar-refractivity contribution >= 4 is 17.9 Å². The first-order chi connectivity index (χ1) is 27.0. The molecule has 1 atom stereocenters. The van der Waals surface area contributed by atoms with Crippen LogP contribution in [0.2, 0.25) is 0 Å². The van der Waals surface area contributed by atoms with E-state index in [9.17, 15) is 14.4 Å². The molecule has 0 spiro atoms. The Labute approximate surface area is 342 Å². The quantitative estimate of drug-likeness (QED) is 0.0348. The van der Waals surface area contributed by atoms with Crippen molar-refractivity contribution < 1.29 is 28.6 Å². The van der Waals surface area contributed by atoms with Gasteiger partial charge in [0.25, 0.3) is 0 Å². The standard InChI is InChI=1S/C49H94O6/c1-4-7-10-13-16-18-20-21-22-23-24-25-26-27-28-29-30-32-33-36-39-42-48(51)54-45-46(44-53-47(50)41-38-35-15-12-9-6-3)55-49(52)43-40-37-34-31-19-17-14-11-8-5-2/h46H,4-45H2,1-3H3. The molecule has 6 heteroatoms. The summed E-state index contributed by atoms with van der Waals surface area (Å²) < 4.78 is 16.6. The minimum Gasteiger partial charge on any atom is -0.462 e. The molecule has 55 heavy (non-hydrogen) atoms. The van der Waals surface area contributed by atoms with Crippen molar-refractivity contribution in [2.45, 2.75) is 284 Å². The summed E-state index contributed by atoms with van der Waals surface area (Å²) in [6.07, 6.45) is 46.9. The Balaban J connectivity index is 4.06. The lowest BCUT2D eigenvalue weighted by Crippen LogP contribution is -2.30. The van der Waals surface area contributed by atoms with Gasteiger partial charge in [-0.3, -0.25) is 14.4 Å². The molecule has 0 amide bonds. The average Bonchev–Trinajstić information content (AvgIpc) is 3.18. The van der Waals surface area contributed by atoms with Gasteiger partial charge in [-0.1, -0.05) is 239 Å². The second-order valence-corrected chi connectivity index (χ2v) is 16.7. The van der Waals surface area contributed by atoms with Crippen LogP contribution in [0.3, 0.4) is 0 Å². The highest BCUT2D eigenvalue weighted by Gasteiger charge is 2.19. The Morgan fingerprint density at radius 3 is 0.727 bits per heavy atom. The van der Waals surface area contributed by atoms with Crippen LogP contribution < -0.4 is 0 Å². The third kappa shape index (κ3) is 43.4. The summed E-state index contributed by atoms with van der Waals surface area (Å²) in [5.74, 6) is -0.860. The molecular weight excluding hydrogens is 685 g/mol. The fraction of sp³-hybridized carbons (Fsp3) is 0.939. The van der Waals surface area contributed by atoms with Crippen LogP contribution >= 0.6 is 0 Å². The lowest BCUT2D eigenvalue weighted by molar-refractivity contribution is -0.167. The molecule has 0 heterocycles. The van der Waals surface area contributed by atoms with Gasteiger partial charge in [-0.25, -0.2) is 0 Å². The van der Waals surface area contributed by atoms with E-state index < -0.39 is 6.10 Å². The molecule has 6 nitrogen and oxygen atoms in total. The smallest absolute Gasteiger partial charge is 0.306 e. The summed E-state index contributed by atoms with van der Waals surface area (Å²) in [5, 5.41) is 0. The highest BCUT2D eigenvalue weighted by molar-refractivity contribution is 5.71. The van der Waals surface area contributed by atoms with Crippen LogP contribution in [0, 0.1) is 0 Å². The van der Waals surface area contributed by atoms with Crippen molar-refractivity contribution in [3.05, 3.63) is 0 Å². The largest absolute Gasteiger partial charge is 0.462 e. The van der Waals surface area contributed by atoms with Crippen LogP contribution in [0.5, 0.6) is 0 Å². The van der Waals surface area contributed by atoms with Crippen molar-refractivity contribution in [3.8, 4) is 0 Å². The highest BCUT2D eigenvalue weighted by atomic mass is 16.6. The molecular formula is C49H94O6. The van der Waals surface area contributed by atoms with Crippen molar-refractivity contribution in [2.75, 3.05) is 13.2 Å². The summed E-state index contributed by atoms with van der Waals surface area (Å²) in [6, 6.07) is 0. The van der Waals surface area contributed by atoms with E-state index >= 15 is 0 Å². The molecule has 0 aliphatic carbocycles. The van der Waals surface area contributed by atoms with E-state index in [1.54, 1.807) is 0 Å². The number of rotatable bonds is 45. The molecule has 326 valence electrons. The molecule has 0 radical (unpaired) electrons. The highest BCUT2D eigenvalue weighted by Crippen LogP contribution is 2.16. The van der Waals surface area contributed by atoms with Crippen LogP contribution in [0.25, 0.3) is 0 Å². The molecule has 0 rings (SSSR count). The fourth-order valence-corrected chi connectivity index (χ4v) is 7.38. The molecule has 0 aromatic rings. The predicted molar refractivity (Wildman–Crippen MR) is 233 cm³/mol. The summed E-state index contributed by atoms with van der Waals surface area (Å²) in [7, 11) is 0. The summed E-state index contributed by atoms with van der Waals surface area (Å²) in [4.78, 5) is 37.5. The van der Waals surface area contributed by atoms with Gasteiger partial charge in [0.1, 0.15) is 13.2 Å². The molecule has 0 saturated heterocycles. The first-order valence-electron chi connectivity index (χ1n) is 24.5. The van der Waals surface area contributed by atoms with Crippen molar-refractivity contribution in [1.29, 1.82) is 0 Å². The molecule has 0 N–H and O–H groups in total. The number of unbranched alkanes of at least 4 members (excludes halogenated alkanes) is 34. The van der Waals surface area contributed by atoms with Crippen LogP contribution in [0.4, 0.5) is 0 Å². The number of hydrogen-bond donors (Lipinski definition) is 0. The number of carbonyl (C=O) groups is 3. The number of ether oxygens (including phenoxy) is 3. The second kappa shape index (κ2) is 45.1. The van der Waals surface area contributed by atoms with Gasteiger partial charge in [-0.2, -0.15) is 0 Å². The monoisotopic (exact) mass is 779 g/mol. The van der Waals surface area contributed by atoms with Gasteiger partial charge in [0.05, 0.1) is 0 Å². The maximum absolute atomic E-state index is 12.6. The zero-order chi connectivity index (χ0) is 40.1. The number of hydrogen-bond acceptors (Lipinski definition) is 6. The molecule has 1 unspecified atom stereocenters. The maximum Gasteiger partial charge on any atom is 0.306 e. The van der Waals surface area contributed by atoms with E-state index in [1.807, 2.05) is 0 Å². The zero-order valence-electron chi connectivity index (χ0n) is 37.2. The molecule has 0 aliphatic heterocycles.